The highest BCUT2D eigenvalue weighted by atomic mass is 31.1. The van der Waals surface area contributed by atoms with E-state index in [-0.39, 0.29) is 29.1 Å². The number of carbonyl (C=O) groups is 1. The first-order valence-electron chi connectivity index (χ1n) is 14.5. The van der Waals surface area contributed by atoms with Gasteiger partial charge in [0.1, 0.15) is 5.82 Å². The maximum atomic E-state index is 14.9. The van der Waals surface area contributed by atoms with Gasteiger partial charge in [-0.3, -0.25) is 20.0 Å². The highest BCUT2D eigenvalue weighted by Crippen LogP contribution is 2.39. The number of morpholine rings is 1. The van der Waals surface area contributed by atoms with Crippen molar-refractivity contribution < 1.29 is 27.1 Å². The third-order valence-electron chi connectivity index (χ3n) is 7.34. The number of halogens is 4. The van der Waals surface area contributed by atoms with E-state index in [0.29, 0.717) is 46.4 Å². The number of hydrogen-bond acceptors (Lipinski definition) is 5. The third kappa shape index (κ3) is 9.05. The van der Waals surface area contributed by atoms with E-state index in [2.05, 4.69) is 35.5 Å². The van der Waals surface area contributed by atoms with Crippen molar-refractivity contribution in [3.8, 4) is 0 Å². The quantitative estimate of drug-likeness (QED) is 0.226. The lowest BCUT2D eigenvalue weighted by atomic mass is 10.0. The molecule has 2 aromatic rings. The van der Waals surface area contributed by atoms with E-state index in [0.717, 1.165) is 18.2 Å². The van der Waals surface area contributed by atoms with Gasteiger partial charge in [-0.1, -0.05) is 40.6 Å². The Morgan fingerprint density at radius 1 is 1.16 bits per heavy atom. The number of aliphatic imine (C=N–C) groups is 1. The average Bonchev–Trinajstić information content (AvgIpc) is 2.97. The summed E-state index contributed by atoms with van der Waals surface area (Å²) in [5.74, 6) is -0.731. The van der Waals surface area contributed by atoms with Crippen molar-refractivity contribution in [2.45, 2.75) is 58.7 Å². The smallest absolute Gasteiger partial charge is 0.379 e. The van der Waals surface area contributed by atoms with E-state index < -0.39 is 29.5 Å². The van der Waals surface area contributed by atoms with Gasteiger partial charge in [0.05, 0.1) is 30.3 Å². The molecule has 0 spiro atoms. The zero-order valence-corrected chi connectivity index (χ0v) is 25.9. The molecule has 1 fully saturated rings. The molecule has 2 aliphatic rings. The summed E-state index contributed by atoms with van der Waals surface area (Å²) < 4.78 is 62.1. The molecule has 0 saturated carbocycles. The van der Waals surface area contributed by atoms with Crippen molar-refractivity contribution in [1.29, 1.82) is 0 Å². The second-order valence-corrected chi connectivity index (χ2v) is 12.6. The molecule has 0 aromatic heterocycles. The Balaban J connectivity index is 1.47. The van der Waals surface area contributed by atoms with Gasteiger partial charge in [-0.05, 0) is 67.4 Å². The van der Waals surface area contributed by atoms with E-state index >= 15 is 0 Å². The number of nitrogens with one attached hydrogen (secondary N) is 2. The summed E-state index contributed by atoms with van der Waals surface area (Å²) in [6, 6.07) is 7.36. The lowest BCUT2D eigenvalue weighted by molar-refractivity contribution is -0.138. The number of ether oxygens (including phenoxy) is 1. The number of amides is 1. The molecule has 232 valence electrons. The Morgan fingerprint density at radius 3 is 2.58 bits per heavy atom. The minimum Gasteiger partial charge on any atom is -0.379 e. The highest BCUT2D eigenvalue weighted by Gasteiger charge is 2.34. The number of anilines is 1. The Kier molecular flexibility index (Phi) is 11.3. The van der Waals surface area contributed by atoms with Gasteiger partial charge < -0.3 is 10.1 Å². The van der Waals surface area contributed by atoms with Crippen LogP contribution in [0, 0.1) is 11.7 Å². The predicted octanol–water partition coefficient (Wildman–Crippen LogP) is 7.50. The van der Waals surface area contributed by atoms with Gasteiger partial charge >= 0.3 is 6.18 Å². The third-order valence-corrected chi connectivity index (χ3v) is 8.74. The molecule has 0 bridgehead atoms. The van der Waals surface area contributed by atoms with Crippen LogP contribution in [0.25, 0.3) is 0 Å². The molecule has 6 nitrogen and oxygen atoms in total. The Bertz CT molecular complexity index is 1380. The lowest BCUT2D eigenvalue weighted by Crippen LogP contribution is -2.36. The number of carbonyl (C=O) groups excluding carboxylic acids is 1. The van der Waals surface area contributed by atoms with Crippen LogP contribution < -0.4 is 10.6 Å². The lowest BCUT2D eigenvalue weighted by Gasteiger charge is -2.27. The van der Waals surface area contributed by atoms with Gasteiger partial charge in [-0.15, -0.1) is 0 Å². The van der Waals surface area contributed by atoms with E-state index in [1.165, 1.54) is 35.6 Å². The summed E-state index contributed by atoms with van der Waals surface area (Å²) in [6.45, 7) is 10.2. The molecular weight excluding hydrogens is 579 g/mol. The van der Waals surface area contributed by atoms with E-state index in [9.17, 15) is 22.4 Å². The Hall–Kier alpha value is -2.91. The van der Waals surface area contributed by atoms with Crippen LogP contribution >= 0.6 is 8.58 Å². The number of rotatable bonds is 9. The second kappa shape index (κ2) is 14.7. The van der Waals surface area contributed by atoms with Crippen molar-refractivity contribution in [1.82, 2.24) is 10.2 Å². The van der Waals surface area contributed by atoms with Crippen molar-refractivity contribution in [2.75, 3.05) is 31.6 Å². The fourth-order valence-electron chi connectivity index (χ4n) is 4.97. The summed E-state index contributed by atoms with van der Waals surface area (Å²) in [5, 5.41) is 7.23. The zero-order valence-electron chi connectivity index (χ0n) is 24.9. The maximum Gasteiger partial charge on any atom is 0.416 e. The number of alkyl halides is 3. The van der Waals surface area contributed by atoms with Crippen LogP contribution in [0.3, 0.4) is 0 Å². The SMILES string of the molecule is C/C=C1/N=CC(NC(C)c2cc(NC(=O)c3ccc(CN4CCOCC4)c(C(F)(F)F)c3)ccc2F)P/C1=C\CC(C)C. The predicted molar refractivity (Wildman–Crippen MR) is 165 cm³/mol. The van der Waals surface area contributed by atoms with E-state index in [1.807, 2.05) is 31.0 Å². The van der Waals surface area contributed by atoms with E-state index in [1.54, 1.807) is 0 Å². The molecule has 43 heavy (non-hydrogen) atoms. The molecule has 2 aliphatic heterocycles. The minimum atomic E-state index is -4.62. The maximum absolute atomic E-state index is 14.9. The molecule has 3 unspecified atom stereocenters. The monoisotopic (exact) mass is 618 g/mol. The van der Waals surface area contributed by atoms with Gasteiger partial charge in [0.25, 0.3) is 5.91 Å². The molecule has 2 N–H and O–H groups in total. The van der Waals surface area contributed by atoms with Crippen LogP contribution in [0.4, 0.5) is 23.2 Å². The van der Waals surface area contributed by atoms with Crippen molar-refractivity contribution in [3.63, 3.8) is 0 Å². The molecule has 1 amide bonds. The topological polar surface area (TPSA) is 66.0 Å². The van der Waals surface area contributed by atoms with Crippen LogP contribution in [0.1, 0.15) is 67.2 Å². The van der Waals surface area contributed by atoms with Crippen molar-refractivity contribution >= 4 is 26.4 Å². The van der Waals surface area contributed by atoms with E-state index in [4.69, 9.17) is 4.74 Å². The van der Waals surface area contributed by atoms with Gasteiger partial charge in [-0.25, -0.2) is 4.39 Å². The number of allylic oxidation sites excluding steroid dienone is 3. The number of nitrogens with zero attached hydrogens (tertiary/aromatic N) is 2. The molecule has 4 rings (SSSR count). The summed E-state index contributed by atoms with van der Waals surface area (Å²) in [7, 11) is 0.412. The molecule has 2 aromatic carbocycles. The van der Waals surface area contributed by atoms with Gasteiger partial charge in [0.15, 0.2) is 0 Å². The fraction of sp³-hybridized carbons (Fsp3) is 0.438. The normalized spacial score (nSPS) is 21.2. The highest BCUT2D eigenvalue weighted by molar-refractivity contribution is 7.45. The number of benzene rings is 2. The van der Waals surface area contributed by atoms with Crippen molar-refractivity contribution in [2.24, 2.45) is 10.9 Å². The van der Waals surface area contributed by atoms with Gasteiger partial charge in [-0.2, -0.15) is 13.2 Å². The van der Waals surface area contributed by atoms with Crippen LogP contribution in [0.2, 0.25) is 0 Å². The second-order valence-electron chi connectivity index (χ2n) is 11.2. The fourth-order valence-corrected chi connectivity index (χ4v) is 6.38. The first-order chi connectivity index (χ1) is 20.4. The van der Waals surface area contributed by atoms with Crippen LogP contribution in [0.5, 0.6) is 0 Å². The van der Waals surface area contributed by atoms with Gasteiger partial charge in [0.2, 0.25) is 0 Å². The van der Waals surface area contributed by atoms with Crippen LogP contribution in [-0.4, -0.2) is 49.1 Å². The molecule has 2 heterocycles. The largest absolute Gasteiger partial charge is 0.416 e. The standard InChI is InChI=1S/C32H39F4N4O2P/c1-5-28-29(11-6-20(2)3)43-30(18-37-28)38-21(4)25-17-24(9-10-27(25)33)39-31(41)22-7-8-23(26(16-22)32(34,35)36)19-40-12-14-42-15-13-40/h5,7-11,16-18,20-21,30,38,43H,6,12-15,19H2,1-4H3,(H,39,41)/b28-5+,29-11-. The number of hydrogen-bond donors (Lipinski definition) is 2. The molecule has 3 atom stereocenters. The Morgan fingerprint density at radius 2 is 1.91 bits per heavy atom. The first-order valence-corrected chi connectivity index (χ1v) is 15.6. The Labute approximate surface area is 252 Å². The molecule has 0 radical (unpaired) electrons. The molecule has 0 aliphatic carbocycles. The van der Waals surface area contributed by atoms with Crippen LogP contribution in [0.15, 0.2) is 64.6 Å². The summed E-state index contributed by atoms with van der Waals surface area (Å²) >= 11 is 0. The summed E-state index contributed by atoms with van der Waals surface area (Å²) in [4.78, 5) is 19.5. The molecule has 11 heteroatoms. The summed E-state index contributed by atoms with van der Waals surface area (Å²) in [6.07, 6.45) is 2.35. The summed E-state index contributed by atoms with van der Waals surface area (Å²) in [5.41, 5.74) is 0.693. The van der Waals surface area contributed by atoms with Gasteiger partial charge in [0, 0.05) is 48.7 Å². The minimum absolute atomic E-state index is 0.0912. The molecular formula is C32H39F4N4O2P. The van der Waals surface area contributed by atoms with Crippen molar-refractivity contribution in [3.05, 3.63) is 87.6 Å². The zero-order chi connectivity index (χ0) is 31.1. The average molecular weight is 619 g/mol. The molecule has 1 saturated heterocycles. The first kappa shape index (κ1) is 33.0. The van der Waals surface area contributed by atoms with Crippen LogP contribution in [-0.2, 0) is 17.5 Å².